The van der Waals surface area contributed by atoms with Crippen LogP contribution in [0.5, 0.6) is 0 Å². The maximum atomic E-state index is 12.2. The zero-order chi connectivity index (χ0) is 15.8. The van der Waals surface area contributed by atoms with Crippen molar-refractivity contribution in [1.29, 1.82) is 0 Å². The molecule has 2 rings (SSSR count). The Kier molecular flexibility index (Phi) is 4.23. The van der Waals surface area contributed by atoms with Gasteiger partial charge in [0.25, 0.3) is 11.8 Å². The van der Waals surface area contributed by atoms with E-state index in [-0.39, 0.29) is 29.0 Å². The zero-order valence-corrected chi connectivity index (χ0v) is 14.2. The molecule has 1 unspecified atom stereocenters. The molecule has 0 spiro atoms. The highest BCUT2D eigenvalue weighted by Crippen LogP contribution is 2.26. The number of allylic oxidation sites excluding steroid dienone is 4. The zero-order valence-electron chi connectivity index (χ0n) is 12.6. The predicted molar refractivity (Wildman–Crippen MR) is 86.8 cm³/mol. The van der Waals surface area contributed by atoms with E-state index in [1.165, 1.54) is 0 Å². The molecule has 112 valence electrons. The molecule has 0 saturated heterocycles. The van der Waals surface area contributed by atoms with Crippen LogP contribution in [-0.4, -0.2) is 23.4 Å². The van der Waals surface area contributed by atoms with Crippen molar-refractivity contribution in [1.82, 2.24) is 10.6 Å². The quantitative estimate of drug-likeness (QED) is 0.713. The van der Waals surface area contributed by atoms with Crippen LogP contribution in [0, 0.1) is 0 Å². The van der Waals surface area contributed by atoms with Crippen molar-refractivity contribution in [2.75, 3.05) is 0 Å². The lowest BCUT2D eigenvalue weighted by Gasteiger charge is -2.26. The van der Waals surface area contributed by atoms with E-state index in [0.717, 1.165) is 15.6 Å². The van der Waals surface area contributed by atoms with Gasteiger partial charge in [0.05, 0.1) is 6.04 Å². The third-order valence-corrected chi connectivity index (χ3v) is 4.04. The van der Waals surface area contributed by atoms with Crippen molar-refractivity contribution in [3.63, 3.8) is 0 Å². The molecule has 2 aliphatic rings. The Labute approximate surface area is 133 Å². The molecule has 5 heteroatoms. The Bertz CT molecular complexity index is 619. The monoisotopic (exact) mass is 350 g/mol. The Morgan fingerprint density at radius 2 is 2.00 bits per heavy atom. The van der Waals surface area contributed by atoms with Gasteiger partial charge in [-0.05, 0) is 51.0 Å². The molecule has 2 amide bonds. The second kappa shape index (κ2) is 5.64. The van der Waals surface area contributed by atoms with Crippen LogP contribution in [-0.2, 0) is 9.59 Å². The molecule has 2 N–H and O–H groups in total. The average Bonchev–Trinajstić information content (AvgIpc) is 2.46. The molecule has 0 aromatic heterocycles. The van der Waals surface area contributed by atoms with Crippen molar-refractivity contribution in [2.24, 2.45) is 0 Å². The van der Waals surface area contributed by atoms with E-state index in [1.54, 1.807) is 6.08 Å². The van der Waals surface area contributed by atoms with Gasteiger partial charge < -0.3 is 10.6 Å². The van der Waals surface area contributed by atoms with Crippen LogP contribution in [0.2, 0.25) is 0 Å². The highest BCUT2D eigenvalue weighted by Gasteiger charge is 2.29. The summed E-state index contributed by atoms with van der Waals surface area (Å²) >= 11 is 3.48. The first-order valence-electron chi connectivity index (χ1n) is 6.78. The van der Waals surface area contributed by atoms with E-state index in [0.29, 0.717) is 0 Å². The molecule has 0 radical (unpaired) electrons. The maximum Gasteiger partial charge on any atom is 0.257 e. The Balaban J connectivity index is 2.34. The number of hydrogen-bond donors (Lipinski definition) is 2. The Morgan fingerprint density at radius 3 is 2.62 bits per heavy atom. The summed E-state index contributed by atoms with van der Waals surface area (Å²) in [6.45, 7) is 7.62. The van der Waals surface area contributed by atoms with Crippen LogP contribution in [0.4, 0.5) is 0 Å². The third kappa shape index (κ3) is 3.73. The average molecular weight is 351 g/mol. The topological polar surface area (TPSA) is 58.2 Å². The summed E-state index contributed by atoms with van der Waals surface area (Å²) < 4.78 is 0.940. The summed E-state index contributed by atoms with van der Waals surface area (Å²) in [5.74, 6) is -0.706. The van der Waals surface area contributed by atoms with Gasteiger partial charge in [-0.25, -0.2) is 0 Å². The van der Waals surface area contributed by atoms with Crippen molar-refractivity contribution in [2.45, 2.75) is 39.3 Å². The van der Waals surface area contributed by atoms with Gasteiger partial charge in [0.2, 0.25) is 0 Å². The fraction of sp³-hybridized carbons (Fsp3) is 0.375. The van der Waals surface area contributed by atoms with Crippen LogP contribution < -0.4 is 10.6 Å². The molecule has 1 aliphatic heterocycles. The number of fused-ring (bicyclic) bond motifs is 1. The minimum absolute atomic E-state index is 0.143. The summed E-state index contributed by atoms with van der Waals surface area (Å²) in [6, 6.07) is -0.216. The molecular formula is C16H19BrN2O2. The fourth-order valence-electron chi connectivity index (χ4n) is 2.07. The molecule has 4 nitrogen and oxygen atoms in total. The molecule has 1 aliphatic carbocycles. The standard InChI is InChI=1S/C16H19BrN2O2/c1-9-5-6-10-7-11(15(21)19-16(2,3)4)14(20)18-13(10)8-12(9)17/h5-8,13H,1-4H3,(H,18,20)(H,19,21). The van der Waals surface area contributed by atoms with Crippen molar-refractivity contribution in [3.8, 4) is 0 Å². The van der Waals surface area contributed by atoms with Gasteiger partial charge in [0.15, 0.2) is 0 Å². The summed E-state index contributed by atoms with van der Waals surface area (Å²) in [5.41, 5.74) is 1.72. The predicted octanol–water partition coefficient (Wildman–Crippen LogP) is 2.49. The second-order valence-corrected chi connectivity index (χ2v) is 7.10. The molecule has 0 saturated carbocycles. The lowest BCUT2D eigenvalue weighted by Crippen LogP contribution is -2.47. The molecule has 1 heterocycles. The van der Waals surface area contributed by atoms with Crippen LogP contribution in [0.3, 0.4) is 0 Å². The lowest BCUT2D eigenvalue weighted by molar-refractivity contribution is -0.124. The van der Waals surface area contributed by atoms with E-state index >= 15 is 0 Å². The minimum atomic E-state index is -0.383. The first-order chi connectivity index (χ1) is 9.67. The summed E-state index contributed by atoms with van der Waals surface area (Å²) in [5, 5.41) is 5.66. The van der Waals surface area contributed by atoms with E-state index in [9.17, 15) is 9.59 Å². The van der Waals surface area contributed by atoms with E-state index in [1.807, 2.05) is 45.9 Å². The van der Waals surface area contributed by atoms with Gasteiger partial charge >= 0.3 is 0 Å². The highest BCUT2D eigenvalue weighted by molar-refractivity contribution is 9.12. The first kappa shape index (κ1) is 15.8. The van der Waals surface area contributed by atoms with E-state index in [2.05, 4.69) is 26.6 Å². The molecule has 0 aromatic carbocycles. The van der Waals surface area contributed by atoms with Crippen molar-refractivity contribution in [3.05, 3.63) is 45.5 Å². The smallest absolute Gasteiger partial charge is 0.257 e. The van der Waals surface area contributed by atoms with Gasteiger partial charge in [0.1, 0.15) is 5.57 Å². The molecular weight excluding hydrogens is 332 g/mol. The lowest BCUT2D eigenvalue weighted by atomic mass is 9.97. The van der Waals surface area contributed by atoms with Crippen LogP contribution in [0.25, 0.3) is 0 Å². The van der Waals surface area contributed by atoms with Gasteiger partial charge in [-0.15, -0.1) is 0 Å². The third-order valence-electron chi connectivity index (χ3n) is 3.15. The number of hydrogen-bond acceptors (Lipinski definition) is 2. The largest absolute Gasteiger partial charge is 0.347 e. The number of carbonyl (C=O) groups excluding carboxylic acids is 2. The van der Waals surface area contributed by atoms with Gasteiger partial charge in [0, 0.05) is 10.0 Å². The Hall–Kier alpha value is -1.62. The van der Waals surface area contributed by atoms with Crippen molar-refractivity contribution >= 4 is 27.7 Å². The molecule has 0 bridgehead atoms. The van der Waals surface area contributed by atoms with E-state index < -0.39 is 0 Å². The molecule has 0 aromatic rings. The fourth-order valence-corrected chi connectivity index (χ4v) is 2.47. The van der Waals surface area contributed by atoms with E-state index in [4.69, 9.17) is 0 Å². The SMILES string of the molecule is CC1=CC=C2C=C(C(=O)NC(C)(C)C)C(=O)NC2C=C1Br. The van der Waals surface area contributed by atoms with Gasteiger partial charge in [-0.2, -0.15) is 0 Å². The van der Waals surface area contributed by atoms with Crippen molar-refractivity contribution < 1.29 is 9.59 Å². The minimum Gasteiger partial charge on any atom is -0.347 e. The number of halogens is 1. The maximum absolute atomic E-state index is 12.2. The van der Waals surface area contributed by atoms with Crippen LogP contribution in [0.1, 0.15) is 27.7 Å². The molecule has 1 atom stereocenters. The second-order valence-electron chi connectivity index (χ2n) is 6.24. The number of amides is 2. The summed E-state index contributed by atoms with van der Waals surface area (Å²) in [7, 11) is 0. The van der Waals surface area contributed by atoms with Gasteiger partial charge in [-0.3, -0.25) is 9.59 Å². The summed E-state index contributed by atoms with van der Waals surface area (Å²) in [6.07, 6.45) is 7.48. The molecule has 21 heavy (non-hydrogen) atoms. The molecule has 0 fully saturated rings. The van der Waals surface area contributed by atoms with Crippen LogP contribution >= 0.6 is 15.9 Å². The Morgan fingerprint density at radius 1 is 1.33 bits per heavy atom. The number of rotatable bonds is 1. The first-order valence-corrected chi connectivity index (χ1v) is 7.58. The normalized spacial score (nSPS) is 22.0. The van der Waals surface area contributed by atoms with Crippen LogP contribution in [0.15, 0.2) is 45.5 Å². The number of nitrogens with one attached hydrogen (secondary N) is 2. The highest BCUT2D eigenvalue weighted by atomic mass is 79.9. The van der Waals surface area contributed by atoms with Gasteiger partial charge in [-0.1, -0.05) is 28.1 Å². The number of carbonyl (C=O) groups is 2. The summed E-state index contributed by atoms with van der Waals surface area (Å²) in [4.78, 5) is 24.4.